The molecule has 1 aromatic heterocycles. The number of benzene rings is 2. The van der Waals surface area contributed by atoms with Crippen LogP contribution in [-0.4, -0.2) is 47.6 Å². The average molecular weight is 548 g/mol. The molecule has 1 aliphatic rings. The van der Waals surface area contributed by atoms with Gasteiger partial charge in [-0.25, -0.2) is 0 Å². The predicted octanol–water partition coefficient (Wildman–Crippen LogP) is 3.81. The molecular formula is C29H33N5O4S. The molecule has 3 aromatic rings. The molecule has 0 spiro atoms. The number of ether oxygens (including phenoxy) is 1. The van der Waals surface area contributed by atoms with Crippen LogP contribution in [0.25, 0.3) is 0 Å². The third kappa shape index (κ3) is 7.23. The summed E-state index contributed by atoms with van der Waals surface area (Å²) in [5.74, 6) is 0.513. The van der Waals surface area contributed by atoms with E-state index in [2.05, 4.69) is 17.6 Å². The predicted molar refractivity (Wildman–Crippen MR) is 151 cm³/mol. The first-order chi connectivity index (χ1) is 18.9. The SMILES string of the molecule is CCCc1cc(C(=O)NCC(=O)N2CCC[C@H]2C(=O)NCc2cc(C(=N)N)cs2)ccc1Oc1ccccc1. The molecule has 1 aliphatic heterocycles. The largest absolute Gasteiger partial charge is 0.457 e. The number of hydrogen-bond acceptors (Lipinski definition) is 6. The maximum atomic E-state index is 13.0. The summed E-state index contributed by atoms with van der Waals surface area (Å²) in [7, 11) is 0. The Morgan fingerprint density at radius 2 is 1.90 bits per heavy atom. The Hall–Kier alpha value is -4.18. The first kappa shape index (κ1) is 27.8. The van der Waals surface area contributed by atoms with Gasteiger partial charge in [-0.05, 0) is 61.2 Å². The van der Waals surface area contributed by atoms with Crippen molar-refractivity contribution >= 4 is 34.9 Å². The van der Waals surface area contributed by atoms with Gasteiger partial charge in [-0.3, -0.25) is 19.8 Å². The molecule has 39 heavy (non-hydrogen) atoms. The Labute approximate surface area is 231 Å². The molecule has 2 heterocycles. The normalized spacial score (nSPS) is 14.6. The van der Waals surface area contributed by atoms with E-state index in [1.807, 2.05) is 30.3 Å². The smallest absolute Gasteiger partial charge is 0.251 e. The van der Waals surface area contributed by atoms with Crippen molar-refractivity contribution in [3.05, 3.63) is 81.5 Å². The zero-order valence-electron chi connectivity index (χ0n) is 21.9. The summed E-state index contributed by atoms with van der Waals surface area (Å²) in [6, 6.07) is 15.9. The Kier molecular flexibility index (Phi) is 9.32. The van der Waals surface area contributed by atoms with Crippen molar-refractivity contribution in [1.82, 2.24) is 15.5 Å². The van der Waals surface area contributed by atoms with Gasteiger partial charge in [0.25, 0.3) is 5.91 Å². The summed E-state index contributed by atoms with van der Waals surface area (Å²) in [4.78, 5) is 41.1. The van der Waals surface area contributed by atoms with E-state index in [1.165, 1.54) is 16.2 Å². The van der Waals surface area contributed by atoms with E-state index >= 15 is 0 Å². The summed E-state index contributed by atoms with van der Waals surface area (Å²) in [5, 5.41) is 14.9. The number of amidine groups is 1. The number of nitrogens with one attached hydrogen (secondary N) is 3. The van der Waals surface area contributed by atoms with Crippen LogP contribution in [0.1, 0.15) is 52.5 Å². The molecule has 0 saturated carbocycles. The quantitative estimate of drug-likeness (QED) is 0.214. The van der Waals surface area contributed by atoms with E-state index in [4.69, 9.17) is 15.9 Å². The number of nitrogens with zero attached hydrogens (tertiary/aromatic N) is 1. The van der Waals surface area contributed by atoms with Gasteiger partial charge < -0.3 is 26.0 Å². The topological polar surface area (TPSA) is 138 Å². The standard InChI is InChI=1S/C29H33N5O4S/c1-2-7-19-14-20(11-12-25(19)38-22-8-4-3-5-9-22)28(36)33-17-26(35)34-13-6-10-24(34)29(37)32-16-23-15-21(18-39-23)27(30)31/h3-5,8-9,11-12,14-15,18,24H,2,6-7,10,13,16-17H2,1H3,(H3,30,31)(H,32,37)(H,33,36)/t24-/m0/s1. The third-order valence-electron chi connectivity index (χ3n) is 6.49. The fraction of sp³-hybridized carbons (Fsp3) is 0.310. The molecule has 5 N–H and O–H groups in total. The molecule has 9 nitrogen and oxygen atoms in total. The van der Waals surface area contributed by atoms with Crippen molar-refractivity contribution in [3.8, 4) is 11.5 Å². The second-order valence-electron chi connectivity index (χ2n) is 9.35. The fourth-order valence-corrected chi connectivity index (χ4v) is 5.33. The fourth-order valence-electron chi connectivity index (χ4n) is 4.50. The number of nitrogens with two attached hydrogens (primary N) is 1. The highest BCUT2D eigenvalue weighted by Crippen LogP contribution is 2.27. The van der Waals surface area contributed by atoms with E-state index in [0.29, 0.717) is 42.8 Å². The number of carbonyl (C=O) groups is 3. The van der Waals surface area contributed by atoms with Crippen molar-refractivity contribution < 1.29 is 19.1 Å². The molecule has 0 bridgehead atoms. The first-order valence-electron chi connectivity index (χ1n) is 13.0. The van der Waals surface area contributed by atoms with Crippen LogP contribution in [0, 0.1) is 5.41 Å². The van der Waals surface area contributed by atoms with Crippen LogP contribution in [0.5, 0.6) is 11.5 Å². The van der Waals surface area contributed by atoms with Gasteiger partial charge in [0.05, 0.1) is 13.1 Å². The molecule has 4 rings (SSSR count). The van der Waals surface area contributed by atoms with Crippen molar-refractivity contribution in [2.24, 2.45) is 5.73 Å². The molecule has 3 amide bonds. The molecule has 1 saturated heterocycles. The van der Waals surface area contributed by atoms with Crippen LogP contribution in [0.3, 0.4) is 0 Å². The minimum absolute atomic E-state index is 0.0171. The molecule has 2 aromatic carbocycles. The van der Waals surface area contributed by atoms with Gasteiger partial charge in [0.2, 0.25) is 11.8 Å². The molecule has 0 unspecified atom stereocenters. The summed E-state index contributed by atoms with van der Waals surface area (Å²) in [6.07, 6.45) is 2.91. The van der Waals surface area contributed by atoms with Gasteiger partial charge in [-0.1, -0.05) is 31.5 Å². The van der Waals surface area contributed by atoms with Crippen LogP contribution in [0.15, 0.2) is 60.0 Å². The molecule has 0 radical (unpaired) electrons. The molecular weight excluding hydrogens is 514 g/mol. The van der Waals surface area contributed by atoms with E-state index in [1.54, 1.807) is 29.6 Å². The van der Waals surface area contributed by atoms with Crippen molar-refractivity contribution in [3.63, 3.8) is 0 Å². The third-order valence-corrected chi connectivity index (χ3v) is 7.43. The highest BCUT2D eigenvalue weighted by atomic mass is 32.1. The van der Waals surface area contributed by atoms with Gasteiger partial charge in [0.1, 0.15) is 23.4 Å². The van der Waals surface area contributed by atoms with Crippen molar-refractivity contribution in [1.29, 1.82) is 5.41 Å². The van der Waals surface area contributed by atoms with Crippen LogP contribution in [0.4, 0.5) is 0 Å². The van der Waals surface area contributed by atoms with E-state index in [0.717, 1.165) is 29.0 Å². The lowest BCUT2D eigenvalue weighted by atomic mass is 10.0. The Bertz CT molecular complexity index is 1340. The van der Waals surface area contributed by atoms with Crippen LogP contribution >= 0.6 is 11.3 Å². The summed E-state index contributed by atoms with van der Waals surface area (Å²) in [6.45, 7) is 2.63. The highest BCUT2D eigenvalue weighted by Gasteiger charge is 2.34. The van der Waals surface area contributed by atoms with Crippen molar-refractivity contribution in [2.45, 2.75) is 45.2 Å². The number of carbonyl (C=O) groups excluding carboxylic acids is 3. The number of rotatable bonds is 11. The van der Waals surface area contributed by atoms with Crippen LogP contribution in [0.2, 0.25) is 0 Å². The lowest BCUT2D eigenvalue weighted by Crippen LogP contribution is -2.48. The number of para-hydroxylation sites is 1. The lowest BCUT2D eigenvalue weighted by Gasteiger charge is -2.24. The van der Waals surface area contributed by atoms with Crippen molar-refractivity contribution in [2.75, 3.05) is 13.1 Å². The van der Waals surface area contributed by atoms with Crippen LogP contribution < -0.4 is 21.1 Å². The molecule has 1 fully saturated rings. The minimum Gasteiger partial charge on any atom is -0.457 e. The number of hydrogen-bond donors (Lipinski definition) is 4. The molecule has 204 valence electrons. The maximum Gasteiger partial charge on any atom is 0.251 e. The van der Waals surface area contributed by atoms with Gasteiger partial charge >= 0.3 is 0 Å². The average Bonchev–Trinajstić information content (AvgIpc) is 3.62. The minimum atomic E-state index is -0.577. The molecule has 10 heteroatoms. The Morgan fingerprint density at radius 3 is 2.62 bits per heavy atom. The monoisotopic (exact) mass is 547 g/mol. The number of nitrogen functional groups attached to an aromatic ring is 1. The van der Waals surface area contributed by atoms with Gasteiger partial charge in [0.15, 0.2) is 0 Å². The van der Waals surface area contributed by atoms with E-state index in [-0.39, 0.29) is 30.1 Å². The lowest BCUT2D eigenvalue weighted by molar-refractivity contribution is -0.137. The van der Waals surface area contributed by atoms with Gasteiger partial charge in [-0.15, -0.1) is 11.3 Å². The van der Waals surface area contributed by atoms with Gasteiger partial charge in [0, 0.05) is 27.9 Å². The number of amides is 3. The maximum absolute atomic E-state index is 13.0. The zero-order valence-corrected chi connectivity index (χ0v) is 22.7. The highest BCUT2D eigenvalue weighted by molar-refractivity contribution is 7.10. The summed E-state index contributed by atoms with van der Waals surface area (Å²) < 4.78 is 6.01. The Balaban J connectivity index is 1.32. The van der Waals surface area contributed by atoms with E-state index < -0.39 is 6.04 Å². The van der Waals surface area contributed by atoms with E-state index in [9.17, 15) is 14.4 Å². The first-order valence-corrected chi connectivity index (χ1v) is 13.9. The summed E-state index contributed by atoms with van der Waals surface area (Å²) in [5.41, 5.74) is 7.48. The zero-order chi connectivity index (χ0) is 27.8. The second kappa shape index (κ2) is 13.1. The van der Waals surface area contributed by atoms with Crippen LogP contribution in [-0.2, 0) is 22.6 Å². The molecule has 0 aliphatic carbocycles. The number of thiophene rings is 1. The number of likely N-dealkylation sites (tertiary alicyclic amines) is 1. The second-order valence-corrected chi connectivity index (χ2v) is 10.3. The summed E-state index contributed by atoms with van der Waals surface area (Å²) >= 11 is 1.41. The van der Waals surface area contributed by atoms with Gasteiger partial charge in [-0.2, -0.15) is 0 Å². The number of aryl methyl sites for hydroxylation is 1. The molecule has 1 atom stereocenters. The Morgan fingerprint density at radius 1 is 1.10 bits per heavy atom.